The van der Waals surface area contributed by atoms with Gasteiger partial charge in [0.25, 0.3) is 15.9 Å². The number of sulfonamides is 1. The highest BCUT2D eigenvalue weighted by Gasteiger charge is 2.24. The summed E-state index contributed by atoms with van der Waals surface area (Å²) >= 11 is 0. The number of para-hydroxylation sites is 1. The Morgan fingerprint density at radius 2 is 1.63 bits per heavy atom. The minimum absolute atomic E-state index is 0.166. The highest BCUT2D eigenvalue weighted by Crippen LogP contribution is 2.23. The second-order valence-corrected chi connectivity index (χ2v) is 10.2. The first-order chi connectivity index (χ1) is 19.4. The van der Waals surface area contributed by atoms with E-state index in [1.807, 2.05) is 5.32 Å². The van der Waals surface area contributed by atoms with Gasteiger partial charge in [0.2, 0.25) is 5.91 Å². The van der Waals surface area contributed by atoms with Crippen LogP contribution in [0.2, 0.25) is 0 Å². The summed E-state index contributed by atoms with van der Waals surface area (Å²) < 4.78 is 73.4. The van der Waals surface area contributed by atoms with Crippen molar-refractivity contribution < 1.29 is 40.7 Å². The Morgan fingerprint density at radius 1 is 0.927 bits per heavy atom. The van der Waals surface area contributed by atoms with Crippen LogP contribution in [0.5, 0.6) is 0 Å². The van der Waals surface area contributed by atoms with E-state index < -0.39 is 69.3 Å². The van der Waals surface area contributed by atoms with Gasteiger partial charge in [-0.3, -0.25) is 14.3 Å². The molecule has 41 heavy (non-hydrogen) atoms. The van der Waals surface area contributed by atoms with Gasteiger partial charge in [-0.25, -0.2) is 31.2 Å². The molecule has 2 amide bonds. The van der Waals surface area contributed by atoms with Crippen LogP contribution in [0.15, 0.2) is 64.3 Å². The number of rotatable bonds is 9. The lowest BCUT2D eigenvalue weighted by atomic mass is 10.2. The van der Waals surface area contributed by atoms with E-state index >= 15 is 0 Å². The molecule has 0 bridgehead atoms. The summed E-state index contributed by atoms with van der Waals surface area (Å²) in [4.78, 5) is 53.3. The monoisotopic (exact) mass is 591 g/mol. The Balaban J connectivity index is 1.38. The molecule has 0 saturated heterocycles. The van der Waals surface area contributed by atoms with Crippen LogP contribution in [-0.2, 0) is 24.3 Å². The van der Waals surface area contributed by atoms with E-state index in [0.717, 1.165) is 6.07 Å². The fourth-order valence-electron chi connectivity index (χ4n) is 3.54. The average molecular weight is 592 g/mol. The van der Waals surface area contributed by atoms with Crippen molar-refractivity contribution in [1.29, 1.82) is 0 Å². The molecule has 0 aliphatic carbocycles. The van der Waals surface area contributed by atoms with Crippen molar-refractivity contribution in [2.45, 2.75) is 17.9 Å². The molecule has 1 aromatic heterocycles. The highest BCUT2D eigenvalue weighted by molar-refractivity contribution is 7.92. The molecule has 0 fully saturated rings. The van der Waals surface area contributed by atoms with Crippen molar-refractivity contribution >= 4 is 50.2 Å². The SMILES string of the molecule is C[C@H](OC(=O)c1ccccc1NS(=O)(=O)c1ccc2[nH]c(=O)[nH]c2c1)C(=O)NCC(=O)Nc1ccc(F)c(F)c1F. The summed E-state index contributed by atoms with van der Waals surface area (Å²) in [5.41, 5.74) is -0.943. The first-order valence-electron chi connectivity index (χ1n) is 11.6. The van der Waals surface area contributed by atoms with Crippen LogP contribution in [0.4, 0.5) is 24.5 Å². The Kier molecular flexibility index (Phi) is 8.13. The molecule has 0 unspecified atom stereocenters. The van der Waals surface area contributed by atoms with Gasteiger partial charge >= 0.3 is 11.7 Å². The van der Waals surface area contributed by atoms with Gasteiger partial charge in [-0.1, -0.05) is 12.1 Å². The van der Waals surface area contributed by atoms with Gasteiger partial charge in [0.15, 0.2) is 23.6 Å². The van der Waals surface area contributed by atoms with Gasteiger partial charge in [-0.2, -0.15) is 0 Å². The summed E-state index contributed by atoms with van der Waals surface area (Å²) in [5, 5.41) is 4.10. The van der Waals surface area contributed by atoms with Crippen molar-refractivity contribution in [3.8, 4) is 0 Å². The maximum Gasteiger partial charge on any atom is 0.341 e. The molecule has 16 heteroatoms. The van der Waals surface area contributed by atoms with E-state index in [4.69, 9.17) is 4.74 Å². The quantitative estimate of drug-likeness (QED) is 0.146. The largest absolute Gasteiger partial charge is 0.449 e. The number of nitrogens with one attached hydrogen (secondary N) is 5. The number of aromatic amines is 2. The molecule has 0 spiro atoms. The van der Waals surface area contributed by atoms with Gasteiger partial charge < -0.3 is 25.3 Å². The smallest absolute Gasteiger partial charge is 0.341 e. The number of hydrogen-bond acceptors (Lipinski definition) is 7. The fourth-order valence-corrected chi connectivity index (χ4v) is 4.64. The van der Waals surface area contributed by atoms with Crippen molar-refractivity contribution in [2.24, 2.45) is 0 Å². The molecule has 1 atom stereocenters. The molecular formula is C25H20F3N5O7S. The minimum Gasteiger partial charge on any atom is -0.449 e. The normalized spacial score (nSPS) is 12.0. The number of ether oxygens (including phenoxy) is 1. The summed E-state index contributed by atoms with van der Waals surface area (Å²) in [7, 11) is -4.24. The Hall–Kier alpha value is -5.12. The average Bonchev–Trinajstić information content (AvgIpc) is 3.31. The summed E-state index contributed by atoms with van der Waals surface area (Å²) in [6, 6.07) is 10.7. The Labute approximate surface area is 229 Å². The number of hydrogen-bond donors (Lipinski definition) is 5. The molecule has 4 aromatic rings. The Bertz CT molecular complexity index is 1840. The Morgan fingerprint density at radius 3 is 2.39 bits per heavy atom. The van der Waals surface area contributed by atoms with Gasteiger partial charge in [0.05, 0.1) is 39.4 Å². The van der Waals surface area contributed by atoms with Crippen LogP contribution in [0.3, 0.4) is 0 Å². The molecule has 12 nitrogen and oxygen atoms in total. The summed E-state index contributed by atoms with van der Waals surface area (Å²) in [6.07, 6.45) is -1.47. The molecule has 0 aliphatic rings. The van der Waals surface area contributed by atoms with Crippen LogP contribution < -0.4 is 21.0 Å². The maximum atomic E-state index is 13.7. The predicted octanol–water partition coefficient (Wildman–Crippen LogP) is 2.37. The lowest BCUT2D eigenvalue weighted by Crippen LogP contribution is -2.40. The number of carbonyl (C=O) groups excluding carboxylic acids is 3. The zero-order chi connectivity index (χ0) is 29.9. The number of fused-ring (bicyclic) bond motifs is 1. The number of imidazole rings is 1. The van der Waals surface area contributed by atoms with Crippen LogP contribution in [0, 0.1) is 17.5 Å². The zero-order valence-electron chi connectivity index (χ0n) is 20.9. The van der Waals surface area contributed by atoms with Gasteiger partial charge in [-0.15, -0.1) is 0 Å². The molecule has 4 rings (SSSR count). The molecule has 0 saturated carbocycles. The first-order valence-corrected chi connectivity index (χ1v) is 13.1. The third kappa shape index (κ3) is 6.55. The molecular weight excluding hydrogens is 571 g/mol. The molecule has 0 aliphatic heterocycles. The second kappa shape index (κ2) is 11.5. The molecule has 3 aromatic carbocycles. The molecule has 5 N–H and O–H groups in total. The third-order valence-corrected chi connectivity index (χ3v) is 6.94. The first kappa shape index (κ1) is 28.9. The second-order valence-electron chi connectivity index (χ2n) is 8.47. The number of aromatic nitrogens is 2. The van der Waals surface area contributed by atoms with Gasteiger partial charge in [0.1, 0.15) is 0 Å². The van der Waals surface area contributed by atoms with E-state index in [2.05, 4.69) is 20.0 Å². The lowest BCUT2D eigenvalue weighted by Gasteiger charge is -2.16. The number of H-pyrrole nitrogens is 2. The van der Waals surface area contributed by atoms with Crippen molar-refractivity contribution in [1.82, 2.24) is 15.3 Å². The topological polar surface area (TPSA) is 179 Å². The van der Waals surface area contributed by atoms with Crippen molar-refractivity contribution in [2.75, 3.05) is 16.6 Å². The fraction of sp³-hybridized carbons (Fsp3) is 0.120. The van der Waals surface area contributed by atoms with E-state index in [-0.39, 0.29) is 21.7 Å². The number of amides is 2. The van der Waals surface area contributed by atoms with E-state index in [1.165, 1.54) is 49.4 Å². The van der Waals surface area contributed by atoms with E-state index in [1.54, 1.807) is 0 Å². The van der Waals surface area contributed by atoms with Crippen LogP contribution in [0.25, 0.3) is 11.0 Å². The van der Waals surface area contributed by atoms with Crippen molar-refractivity contribution in [3.63, 3.8) is 0 Å². The van der Waals surface area contributed by atoms with Crippen LogP contribution in [-0.4, -0.2) is 48.8 Å². The predicted molar refractivity (Wildman–Crippen MR) is 139 cm³/mol. The zero-order valence-corrected chi connectivity index (χ0v) is 21.7. The van der Waals surface area contributed by atoms with Crippen molar-refractivity contribution in [3.05, 3.63) is 88.1 Å². The van der Waals surface area contributed by atoms with E-state index in [9.17, 15) is 40.8 Å². The number of carbonyl (C=O) groups is 3. The van der Waals surface area contributed by atoms with E-state index in [0.29, 0.717) is 11.6 Å². The number of halogens is 3. The molecule has 0 radical (unpaired) electrons. The highest BCUT2D eigenvalue weighted by atomic mass is 32.2. The maximum absolute atomic E-state index is 13.7. The number of esters is 1. The minimum atomic E-state index is -4.24. The standard InChI is InChI=1S/C25H20F3N5O7S/c1-12(23(35)29-11-20(34)30-18-9-7-15(26)21(27)22(18)28)40-24(36)14-4-2-3-5-16(14)33-41(38,39)13-6-8-17-19(10-13)32-25(37)31-17/h2-10,12,33H,11H2,1H3,(H,29,35)(H,30,34)(H2,31,32,37)/t12-/m0/s1. The third-order valence-electron chi connectivity index (χ3n) is 5.57. The summed E-state index contributed by atoms with van der Waals surface area (Å²) in [5.74, 6) is -7.86. The van der Waals surface area contributed by atoms with Gasteiger partial charge in [-0.05, 0) is 49.4 Å². The lowest BCUT2D eigenvalue weighted by molar-refractivity contribution is -0.130. The molecule has 214 valence electrons. The molecule has 1 heterocycles. The van der Waals surface area contributed by atoms with Gasteiger partial charge in [0, 0.05) is 0 Å². The number of benzene rings is 3. The van der Waals surface area contributed by atoms with Crippen LogP contribution in [0.1, 0.15) is 17.3 Å². The van der Waals surface area contributed by atoms with Crippen LogP contribution >= 0.6 is 0 Å². The summed E-state index contributed by atoms with van der Waals surface area (Å²) in [6.45, 7) is 0.451. The number of anilines is 2.